The molecule has 0 radical (unpaired) electrons. The summed E-state index contributed by atoms with van der Waals surface area (Å²) in [6, 6.07) is 14.5. The number of carbonyl (C=O) groups is 2. The number of carbonyl (C=O) groups excluding carboxylic acids is 2. The molecule has 0 aromatic heterocycles. The molecule has 1 fully saturated rings. The van der Waals surface area contributed by atoms with Crippen LogP contribution in [0.1, 0.15) is 44.6 Å². The SMILES string of the molecule is CCOc1ccc(N2C(=O)C3C4=C(CCCCC4)SC3N(Cc3ccccc3Cl)C2=O)cc1. The summed E-state index contributed by atoms with van der Waals surface area (Å²) in [5.74, 6) is 0.285. The predicted octanol–water partition coefficient (Wildman–Crippen LogP) is 6.61. The van der Waals surface area contributed by atoms with Crippen molar-refractivity contribution >= 4 is 41.0 Å². The third-order valence-corrected chi connectivity index (χ3v) is 8.45. The van der Waals surface area contributed by atoms with Crippen LogP contribution in [0.4, 0.5) is 10.5 Å². The summed E-state index contributed by atoms with van der Waals surface area (Å²) in [7, 11) is 0. The Hall–Kier alpha value is -2.44. The second-order valence-corrected chi connectivity index (χ2v) is 10.2. The molecule has 172 valence electrons. The van der Waals surface area contributed by atoms with Crippen molar-refractivity contribution in [2.45, 2.75) is 50.9 Å². The van der Waals surface area contributed by atoms with Crippen LogP contribution in [0.5, 0.6) is 5.75 Å². The first-order valence-electron chi connectivity index (χ1n) is 11.6. The highest BCUT2D eigenvalue weighted by Gasteiger charge is 2.52. The molecule has 2 aromatic carbocycles. The Labute approximate surface area is 203 Å². The Morgan fingerprint density at radius 1 is 1.03 bits per heavy atom. The average molecular weight is 483 g/mol. The zero-order valence-electron chi connectivity index (χ0n) is 18.6. The number of allylic oxidation sites excluding steroid dienone is 1. The van der Waals surface area contributed by atoms with E-state index in [0.717, 1.165) is 31.2 Å². The van der Waals surface area contributed by atoms with Gasteiger partial charge in [0.05, 0.1) is 30.1 Å². The Morgan fingerprint density at radius 2 is 1.79 bits per heavy atom. The number of anilines is 1. The van der Waals surface area contributed by atoms with Gasteiger partial charge in [-0.1, -0.05) is 36.2 Å². The van der Waals surface area contributed by atoms with Gasteiger partial charge in [-0.25, -0.2) is 9.69 Å². The van der Waals surface area contributed by atoms with Gasteiger partial charge in [0.1, 0.15) is 5.75 Å². The minimum atomic E-state index is -0.310. The van der Waals surface area contributed by atoms with Crippen molar-refractivity contribution in [3.63, 3.8) is 0 Å². The number of thioether (sulfide) groups is 1. The van der Waals surface area contributed by atoms with Crippen molar-refractivity contribution in [2.75, 3.05) is 11.5 Å². The number of urea groups is 1. The van der Waals surface area contributed by atoms with Gasteiger partial charge in [-0.05, 0) is 79.0 Å². The smallest absolute Gasteiger partial charge is 0.332 e. The molecule has 5 nitrogen and oxygen atoms in total. The largest absolute Gasteiger partial charge is 0.494 e. The normalized spacial score (nSPS) is 22.8. The molecule has 3 aliphatic rings. The van der Waals surface area contributed by atoms with Crippen LogP contribution in [-0.2, 0) is 11.3 Å². The van der Waals surface area contributed by atoms with E-state index < -0.39 is 0 Å². The van der Waals surface area contributed by atoms with Crippen LogP contribution in [0.3, 0.4) is 0 Å². The van der Waals surface area contributed by atoms with Crippen molar-refractivity contribution in [1.82, 2.24) is 4.90 Å². The van der Waals surface area contributed by atoms with Crippen molar-refractivity contribution in [3.05, 3.63) is 69.6 Å². The number of ether oxygens (including phenoxy) is 1. The van der Waals surface area contributed by atoms with E-state index in [2.05, 4.69) is 0 Å². The van der Waals surface area contributed by atoms with Gasteiger partial charge >= 0.3 is 6.03 Å². The molecule has 2 aliphatic heterocycles. The second-order valence-electron chi connectivity index (χ2n) is 8.60. The Balaban J connectivity index is 1.54. The van der Waals surface area contributed by atoms with E-state index in [1.54, 1.807) is 23.9 Å². The molecule has 7 heteroatoms. The zero-order valence-corrected chi connectivity index (χ0v) is 20.2. The van der Waals surface area contributed by atoms with Gasteiger partial charge in [0.15, 0.2) is 0 Å². The second kappa shape index (κ2) is 9.43. The molecule has 2 atom stereocenters. The Bertz CT molecular complexity index is 1100. The van der Waals surface area contributed by atoms with E-state index in [4.69, 9.17) is 16.3 Å². The number of hydrogen-bond acceptors (Lipinski definition) is 4. The number of rotatable bonds is 5. The molecule has 0 saturated carbocycles. The highest BCUT2D eigenvalue weighted by atomic mass is 35.5. The maximum atomic E-state index is 13.8. The van der Waals surface area contributed by atoms with Crippen molar-refractivity contribution in [3.8, 4) is 5.75 Å². The molecule has 0 spiro atoms. The molecule has 0 N–H and O–H groups in total. The van der Waals surface area contributed by atoms with E-state index in [1.165, 1.54) is 21.8 Å². The summed E-state index contributed by atoms with van der Waals surface area (Å²) >= 11 is 8.17. The van der Waals surface area contributed by atoms with Crippen LogP contribution in [0, 0.1) is 5.92 Å². The summed E-state index contributed by atoms with van der Waals surface area (Å²) in [6.07, 6.45) is 5.35. The zero-order chi connectivity index (χ0) is 22.9. The lowest BCUT2D eigenvalue weighted by Gasteiger charge is -2.42. The minimum Gasteiger partial charge on any atom is -0.494 e. The number of halogens is 1. The highest BCUT2D eigenvalue weighted by molar-refractivity contribution is 8.04. The fraction of sp³-hybridized carbons (Fsp3) is 0.385. The lowest BCUT2D eigenvalue weighted by atomic mass is 9.91. The van der Waals surface area contributed by atoms with E-state index in [0.29, 0.717) is 29.6 Å². The topological polar surface area (TPSA) is 49.9 Å². The number of amides is 3. The number of imide groups is 1. The number of fused-ring (bicyclic) bond motifs is 2. The quantitative estimate of drug-likeness (QED) is 0.480. The van der Waals surface area contributed by atoms with Gasteiger partial charge in [-0.3, -0.25) is 4.79 Å². The maximum absolute atomic E-state index is 13.8. The summed E-state index contributed by atoms with van der Waals surface area (Å²) < 4.78 is 5.54. The molecule has 2 heterocycles. The average Bonchev–Trinajstić information content (AvgIpc) is 3.02. The molecule has 2 aromatic rings. The molecule has 3 amide bonds. The summed E-state index contributed by atoms with van der Waals surface area (Å²) in [5, 5.41) is 0.409. The molecule has 5 rings (SSSR count). The first-order chi connectivity index (χ1) is 16.1. The summed E-state index contributed by atoms with van der Waals surface area (Å²) in [5.41, 5.74) is 2.69. The van der Waals surface area contributed by atoms with Crippen LogP contribution in [0.15, 0.2) is 59.0 Å². The van der Waals surface area contributed by atoms with Crippen LogP contribution >= 0.6 is 23.4 Å². The van der Waals surface area contributed by atoms with Crippen LogP contribution in [0.25, 0.3) is 0 Å². The van der Waals surface area contributed by atoms with Gasteiger partial charge in [0.25, 0.3) is 0 Å². The van der Waals surface area contributed by atoms with Crippen LogP contribution in [0.2, 0.25) is 5.02 Å². The molecule has 1 saturated heterocycles. The fourth-order valence-electron chi connectivity index (χ4n) is 4.98. The van der Waals surface area contributed by atoms with Gasteiger partial charge in [0.2, 0.25) is 5.91 Å². The molecule has 33 heavy (non-hydrogen) atoms. The lowest BCUT2D eigenvalue weighted by molar-refractivity contribution is -0.122. The number of nitrogens with zero attached hydrogens (tertiary/aromatic N) is 2. The number of hydrogen-bond donors (Lipinski definition) is 0. The lowest BCUT2D eigenvalue weighted by Crippen LogP contribution is -2.60. The maximum Gasteiger partial charge on any atom is 0.332 e. The molecule has 2 unspecified atom stereocenters. The van der Waals surface area contributed by atoms with Gasteiger partial charge < -0.3 is 9.64 Å². The Morgan fingerprint density at radius 3 is 2.55 bits per heavy atom. The first-order valence-corrected chi connectivity index (χ1v) is 12.8. The van der Waals surface area contributed by atoms with E-state index in [1.807, 2.05) is 48.2 Å². The molecule has 0 bridgehead atoms. The van der Waals surface area contributed by atoms with Gasteiger partial charge in [0, 0.05) is 5.02 Å². The fourth-order valence-corrected chi connectivity index (χ4v) is 6.81. The van der Waals surface area contributed by atoms with E-state index >= 15 is 0 Å². The Kier molecular flexibility index (Phi) is 6.39. The van der Waals surface area contributed by atoms with Crippen molar-refractivity contribution in [2.24, 2.45) is 5.92 Å². The summed E-state index contributed by atoms with van der Waals surface area (Å²) in [4.78, 5) is 32.1. The molecular weight excluding hydrogens is 456 g/mol. The highest BCUT2D eigenvalue weighted by Crippen LogP contribution is 2.52. The third-order valence-electron chi connectivity index (χ3n) is 6.57. The van der Waals surface area contributed by atoms with Gasteiger partial charge in [-0.2, -0.15) is 0 Å². The predicted molar refractivity (Wildman–Crippen MR) is 132 cm³/mol. The number of benzene rings is 2. The standard InChI is InChI=1S/C26H27ClN2O3S/c1-2-32-19-14-12-18(13-15-19)29-24(30)23-20-9-4-3-5-11-22(20)33-25(23)28(26(29)31)16-17-8-6-7-10-21(17)27/h6-8,10,12-15,23,25H,2-5,9,11,16H2,1H3. The van der Waals surface area contributed by atoms with E-state index in [-0.39, 0.29) is 23.2 Å². The third kappa shape index (κ3) is 4.15. The van der Waals surface area contributed by atoms with E-state index in [9.17, 15) is 9.59 Å². The van der Waals surface area contributed by atoms with Gasteiger partial charge in [-0.15, -0.1) is 11.8 Å². The molecular formula is C26H27ClN2O3S. The monoisotopic (exact) mass is 482 g/mol. The summed E-state index contributed by atoms with van der Waals surface area (Å²) in [6.45, 7) is 2.85. The minimum absolute atomic E-state index is 0.121. The molecule has 1 aliphatic carbocycles. The first kappa shape index (κ1) is 22.4. The van der Waals surface area contributed by atoms with Crippen LogP contribution in [-0.4, -0.2) is 28.8 Å². The van der Waals surface area contributed by atoms with Crippen LogP contribution < -0.4 is 9.64 Å². The van der Waals surface area contributed by atoms with Crippen molar-refractivity contribution < 1.29 is 14.3 Å². The van der Waals surface area contributed by atoms with Crippen molar-refractivity contribution in [1.29, 1.82) is 0 Å².